The van der Waals surface area contributed by atoms with Gasteiger partial charge in [-0.25, -0.2) is 0 Å². The molecule has 0 aromatic heterocycles. The van der Waals surface area contributed by atoms with Gasteiger partial charge in [0.1, 0.15) is 13.2 Å². The first-order valence-corrected chi connectivity index (χ1v) is 7.92. The standard InChI is InChI=1S/C14H20N2O3S/c1-3-4-9(15)14(17)16-10-7-11-12(8-13(10)20-2)19-6-5-18-11/h7-9H,3-6,15H2,1-2H3,(H,16,17). The molecule has 6 heteroatoms. The molecule has 1 aromatic rings. The van der Waals surface area contributed by atoms with E-state index in [4.69, 9.17) is 15.2 Å². The van der Waals surface area contributed by atoms with Crippen LogP contribution in [-0.2, 0) is 4.79 Å². The Bertz CT molecular complexity index is 494. The third kappa shape index (κ3) is 3.37. The lowest BCUT2D eigenvalue weighted by atomic mass is 10.1. The van der Waals surface area contributed by atoms with Gasteiger partial charge >= 0.3 is 0 Å². The van der Waals surface area contributed by atoms with Gasteiger partial charge in [0, 0.05) is 11.0 Å². The molecule has 2 rings (SSSR count). The summed E-state index contributed by atoms with van der Waals surface area (Å²) in [5, 5.41) is 2.88. The highest BCUT2D eigenvalue weighted by molar-refractivity contribution is 7.98. The molecular formula is C14H20N2O3S. The molecule has 5 nitrogen and oxygen atoms in total. The van der Waals surface area contributed by atoms with Crippen molar-refractivity contribution in [1.82, 2.24) is 0 Å². The number of nitrogens with one attached hydrogen (secondary N) is 1. The minimum absolute atomic E-state index is 0.168. The van der Waals surface area contributed by atoms with Gasteiger partial charge in [0.2, 0.25) is 5.91 Å². The Hall–Kier alpha value is -1.40. The molecule has 0 radical (unpaired) electrons. The monoisotopic (exact) mass is 296 g/mol. The highest BCUT2D eigenvalue weighted by Crippen LogP contribution is 2.39. The quantitative estimate of drug-likeness (QED) is 0.815. The number of thioether (sulfide) groups is 1. The van der Waals surface area contributed by atoms with E-state index in [0.29, 0.717) is 25.4 Å². The number of ether oxygens (including phenoxy) is 2. The first-order valence-electron chi connectivity index (χ1n) is 6.69. The maximum Gasteiger partial charge on any atom is 0.241 e. The Labute approximate surface area is 123 Å². The number of hydrogen-bond acceptors (Lipinski definition) is 5. The molecule has 1 aliphatic heterocycles. The molecule has 0 bridgehead atoms. The average molecular weight is 296 g/mol. The first-order chi connectivity index (χ1) is 9.65. The zero-order valence-corrected chi connectivity index (χ0v) is 12.6. The number of fused-ring (bicyclic) bond motifs is 1. The fraction of sp³-hybridized carbons (Fsp3) is 0.500. The number of anilines is 1. The molecule has 3 N–H and O–H groups in total. The molecule has 1 atom stereocenters. The van der Waals surface area contributed by atoms with Crippen LogP contribution < -0.4 is 20.5 Å². The predicted molar refractivity (Wildman–Crippen MR) is 80.7 cm³/mol. The van der Waals surface area contributed by atoms with Crippen LogP contribution in [0.3, 0.4) is 0 Å². The zero-order chi connectivity index (χ0) is 14.5. The minimum atomic E-state index is -0.483. The van der Waals surface area contributed by atoms with Crippen molar-refractivity contribution in [2.24, 2.45) is 5.73 Å². The second-order valence-corrected chi connectivity index (χ2v) is 5.43. The molecule has 1 heterocycles. The Morgan fingerprint density at radius 3 is 2.65 bits per heavy atom. The maximum absolute atomic E-state index is 12.0. The van der Waals surface area contributed by atoms with Crippen molar-refractivity contribution >= 4 is 23.4 Å². The van der Waals surface area contributed by atoms with Crippen molar-refractivity contribution in [2.45, 2.75) is 30.7 Å². The zero-order valence-electron chi connectivity index (χ0n) is 11.8. The van der Waals surface area contributed by atoms with E-state index in [1.807, 2.05) is 19.2 Å². The van der Waals surface area contributed by atoms with Gasteiger partial charge in [-0.05, 0) is 18.7 Å². The van der Waals surface area contributed by atoms with Crippen LogP contribution in [-0.4, -0.2) is 31.4 Å². The number of rotatable bonds is 5. The minimum Gasteiger partial charge on any atom is -0.486 e. The lowest BCUT2D eigenvalue weighted by Crippen LogP contribution is -2.35. The molecule has 0 spiro atoms. The molecular weight excluding hydrogens is 276 g/mol. The van der Waals surface area contributed by atoms with Crippen molar-refractivity contribution in [3.05, 3.63) is 12.1 Å². The van der Waals surface area contributed by atoms with E-state index in [9.17, 15) is 4.79 Å². The molecule has 1 amide bonds. The summed E-state index contributed by atoms with van der Waals surface area (Å²) in [6.07, 6.45) is 3.50. The van der Waals surface area contributed by atoms with Crippen molar-refractivity contribution in [3.8, 4) is 11.5 Å². The Balaban J connectivity index is 2.20. The fourth-order valence-electron chi connectivity index (χ4n) is 2.00. The third-order valence-electron chi connectivity index (χ3n) is 3.06. The summed E-state index contributed by atoms with van der Waals surface area (Å²) in [5.41, 5.74) is 6.55. The van der Waals surface area contributed by atoms with Crippen molar-refractivity contribution < 1.29 is 14.3 Å². The molecule has 0 aliphatic carbocycles. The van der Waals surface area contributed by atoms with Crippen LogP contribution in [0.5, 0.6) is 11.5 Å². The number of carbonyl (C=O) groups is 1. The van der Waals surface area contributed by atoms with E-state index < -0.39 is 6.04 Å². The molecule has 1 aliphatic rings. The lowest BCUT2D eigenvalue weighted by molar-refractivity contribution is -0.117. The summed E-state index contributed by atoms with van der Waals surface area (Å²) in [4.78, 5) is 13.0. The van der Waals surface area contributed by atoms with E-state index in [2.05, 4.69) is 5.32 Å². The van der Waals surface area contributed by atoms with Crippen LogP contribution in [0.25, 0.3) is 0 Å². The predicted octanol–water partition coefficient (Wildman–Crippen LogP) is 2.25. The normalized spacial score (nSPS) is 14.8. The van der Waals surface area contributed by atoms with Crippen molar-refractivity contribution in [3.63, 3.8) is 0 Å². The van der Waals surface area contributed by atoms with Crippen LogP contribution in [0.4, 0.5) is 5.69 Å². The molecule has 1 aromatic carbocycles. The molecule has 110 valence electrons. The lowest BCUT2D eigenvalue weighted by Gasteiger charge is -2.21. The number of amides is 1. The summed E-state index contributed by atoms with van der Waals surface area (Å²) in [6, 6.07) is 3.21. The highest BCUT2D eigenvalue weighted by Gasteiger charge is 2.19. The van der Waals surface area contributed by atoms with Crippen LogP contribution in [0, 0.1) is 0 Å². The third-order valence-corrected chi connectivity index (χ3v) is 3.84. The second-order valence-electron chi connectivity index (χ2n) is 4.58. The summed E-state index contributed by atoms with van der Waals surface area (Å²) in [6.45, 7) is 3.08. The van der Waals surface area contributed by atoms with Gasteiger partial charge in [0.05, 0.1) is 11.7 Å². The van der Waals surface area contributed by atoms with Crippen LogP contribution in [0.2, 0.25) is 0 Å². The molecule has 0 fully saturated rings. The Kier molecular flexibility index (Phi) is 5.14. The van der Waals surface area contributed by atoms with Gasteiger partial charge in [-0.15, -0.1) is 11.8 Å². The molecule has 0 saturated carbocycles. The molecule has 20 heavy (non-hydrogen) atoms. The summed E-state index contributed by atoms with van der Waals surface area (Å²) in [7, 11) is 0. The van der Waals surface area contributed by atoms with E-state index in [1.165, 1.54) is 0 Å². The fourth-order valence-corrected chi connectivity index (χ4v) is 2.56. The maximum atomic E-state index is 12.0. The van der Waals surface area contributed by atoms with Crippen LogP contribution >= 0.6 is 11.8 Å². The van der Waals surface area contributed by atoms with E-state index in [0.717, 1.165) is 22.8 Å². The highest BCUT2D eigenvalue weighted by atomic mass is 32.2. The van der Waals surface area contributed by atoms with Crippen LogP contribution in [0.15, 0.2) is 17.0 Å². The largest absolute Gasteiger partial charge is 0.486 e. The Morgan fingerprint density at radius 1 is 1.40 bits per heavy atom. The van der Waals surface area contributed by atoms with E-state index in [1.54, 1.807) is 17.8 Å². The van der Waals surface area contributed by atoms with Gasteiger partial charge in [-0.1, -0.05) is 13.3 Å². The van der Waals surface area contributed by atoms with Gasteiger partial charge < -0.3 is 20.5 Å². The van der Waals surface area contributed by atoms with Crippen molar-refractivity contribution in [2.75, 3.05) is 24.8 Å². The number of carbonyl (C=O) groups excluding carboxylic acids is 1. The van der Waals surface area contributed by atoms with Crippen molar-refractivity contribution in [1.29, 1.82) is 0 Å². The topological polar surface area (TPSA) is 73.6 Å². The molecule has 1 unspecified atom stereocenters. The average Bonchev–Trinajstić information content (AvgIpc) is 2.46. The summed E-state index contributed by atoms with van der Waals surface area (Å²) >= 11 is 1.54. The van der Waals surface area contributed by atoms with Gasteiger partial charge in [-0.3, -0.25) is 4.79 Å². The van der Waals surface area contributed by atoms with E-state index in [-0.39, 0.29) is 5.91 Å². The first kappa shape index (κ1) is 15.0. The molecule has 0 saturated heterocycles. The van der Waals surface area contributed by atoms with Gasteiger partial charge in [-0.2, -0.15) is 0 Å². The van der Waals surface area contributed by atoms with Gasteiger partial charge in [0.15, 0.2) is 11.5 Å². The summed E-state index contributed by atoms with van der Waals surface area (Å²) in [5.74, 6) is 1.21. The number of hydrogen-bond donors (Lipinski definition) is 2. The Morgan fingerprint density at radius 2 is 2.05 bits per heavy atom. The second kappa shape index (κ2) is 6.85. The smallest absolute Gasteiger partial charge is 0.241 e. The number of benzene rings is 1. The van der Waals surface area contributed by atoms with Crippen LogP contribution in [0.1, 0.15) is 19.8 Å². The SMILES string of the molecule is CCCC(N)C(=O)Nc1cc2c(cc1SC)OCCO2. The van der Waals surface area contributed by atoms with Gasteiger partial charge in [0.25, 0.3) is 0 Å². The summed E-state index contributed by atoms with van der Waals surface area (Å²) < 4.78 is 11.1. The number of nitrogens with two attached hydrogens (primary N) is 1. The van der Waals surface area contributed by atoms with E-state index >= 15 is 0 Å².